The van der Waals surface area contributed by atoms with E-state index in [4.69, 9.17) is 0 Å². The van der Waals surface area contributed by atoms with Gasteiger partial charge < -0.3 is 20.2 Å². The van der Waals surface area contributed by atoms with E-state index in [1.54, 1.807) is 6.33 Å². The minimum atomic E-state index is -0.505. The molecule has 1 amide bonds. The normalized spacial score (nSPS) is 23.5. The maximum atomic E-state index is 13.6. The van der Waals surface area contributed by atoms with E-state index in [0.29, 0.717) is 26.1 Å². The monoisotopic (exact) mass is 513 g/mol. The van der Waals surface area contributed by atoms with Crippen molar-refractivity contribution in [1.29, 1.82) is 0 Å². The van der Waals surface area contributed by atoms with Crippen LogP contribution in [0, 0.1) is 5.92 Å². The van der Waals surface area contributed by atoms with Gasteiger partial charge in [0.25, 0.3) is 0 Å². The van der Waals surface area contributed by atoms with E-state index in [1.165, 1.54) is 12.8 Å². The van der Waals surface area contributed by atoms with E-state index in [9.17, 15) is 9.90 Å². The maximum absolute atomic E-state index is 13.6. The van der Waals surface area contributed by atoms with E-state index in [-0.39, 0.29) is 17.7 Å². The lowest BCUT2D eigenvalue weighted by atomic mass is 9.97. The van der Waals surface area contributed by atoms with Crippen molar-refractivity contribution in [2.24, 2.45) is 5.92 Å². The molecule has 1 aromatic heterocycles. The minimum Gasteiger partial charge on any atom is -0.387 e. The number of hydrogen-bond acceptors (Lipinski definition) is 6. The number of piperazine rings is 1. The van der Waals surface area contributed by atoms with Gasteiger partial charge in [0.15, 0.2) is 0 Å². The first-order chi connectivity index (χ1) is 16.0. The zero-order chi connectivity index (χ0) is 22.9. The fourth-order valence-electron chi connectivity index (χ4n) is 5.11. The van der Waals surface area contributed by atoms with Crippen LogP contribution in [0.25, 0.3) is 0 Å². The Hall–Kier alpha value is -2.03. The average Bonchev–Trinajstić information content (AvgIpc) is 3.61. The summed E-state index contributed by atoms with van der Waals surface area (Å²) in [5.74, 6) is 1.96. The zero-order valence-electron chi connectivity index (χ0n) is 19.1. The second-order valence-electron chi connectivity index (χ2n) is 9.67. The number of hydrogen-bond donors (Lipinski definition) is 2. The summed E-state index contributed by atoms with van der Waals surface area (Å²) in [6.45, 7) is 6.61. The highest BCUT2D eigenvalue weighted by Crippen LogP contribution is 2.42. The summed E-state index contributed by atoms with van der Waals surface area (Å²) >= 11 is 3.50. The third kappa shape index (κ3) is 4.93. The van der Waals surface area contributed by atoms with Crippen LogP contribution in [0.3, 0.4) is 0 Å². The first-order valence-corrected chi connectivity index (χ1v) is 12.8. The second kappa shape index (κ2) is 9.68. The number of carbonyl (C=O) groups is 1. The van der Waals surface area contributed by atoms with Gasteiger partial charge in [0.2, 0.25) is 5.91 Å². The molecule has 2 aromatic rings. The zero-order valence-corrected chi connectivity index (χ0v) is 20.7. The summed E-state index contributed by atoms with van der Waals surface area (Å²) < 4.78 is 1.02. The van der Waals surface area contributed by atoms with Crippen LogP contribution in [0.1, 0.15) is 60.9 Å². The molecule has 1 saturated carbocycles. The lowest BCUT2D eigenvalue weighted by Crippen LogP contribution is -2.51. The Bertz CT molecular complexity index is 989. The fourth-order valence-corrected chi connectivity index (χ4v) is 5.37. The standard InChI is InChI=1S/C25H32BrN5O2/c1-16-12-21(32)23-22(16)24(29-15-28-23)30-8-10-31(11-9-30)25(33)20(14-27-13-17-2-3-17)18-4-6-19(26)7-5-18/h4-7,15-17,20-21,27,32H,2-3,8-14H2,1H3/t16-,20-,21-/m1/s1. The molecule has 2 N–H and O–H groups in total. The molecule has 176 valence electrons. The SMILES string of the molecule is C[C@@H]1C[C@@H](O)c2ncnc(N3CCN(C(=O)[C@H](CNCC4CC4)c4ccc(Br)cc4)CC3)c21. The Morgan fingerprint density at radius 1 is 1.18 bits per heavy atom. The number of halogens is 1. The van der Waals surface area contributed by atoms with Crippen LogP contribution in [0.15, 0.2) is 35.1 Å². The van der Waals surface area contributed by atoms with Gasteiger partial charge in [0.1, 0.15) is 12.1 Å². The van der Waals surface area contributed by atoms with Gasteiger partial charge in [-0.3, -0.25) is 4.79 Å². The van der Waals surface area contributed by atoms with Crippen molar-refractivity contribution in [3.05, 3.63) is 51.9 Å². The van der Waals surface area contributed by atoms with Crippen molar-refractivity contribution >= 4 is 27.7 Å². The summed E-state index contributed by atoms with van der Waals surface area (Å²) in [6.07, 6.45) is 4.35. The Morgan fingerprint density at radius 3 is 2.61 bits per heavy atom. The number of aliphatic hydroxyl groups excluding tert-OH is 1. The van der Waals surface area contributed by atoms with Crippen molar-refractivity contribution in [1.82, 2.24) is 20.2 Å². The largest absolute Gasteiger partial charge is 0.387 e. The summed E-state index contributed by atoms with van der Waals surface area (Å²) in [6, 6.07) is 8.14. The van der Waals surface area contributed by atoms with E-state index in [0.717, 1.165) is 52.7 Å². The quantitative estimate of drug-likeness (QED) is 0.591. The smallest absolute Gasteiger partial charge is 0.231 e. The van der Waals surface area contributed by atoms with E-state index < -0.39 is 6.10 Å². The number of benzene rings is 1. The molecule has 1 saturated heterocycles. The molecule has 2 fully saturated rings. The van der Waals surface area contributed by atoms with Gasteiger partial charge in [0, 0.05) is 42.8 Å². The van der Waals surface area contributed by atoms with Gasteiger partial charge >= 0.3 is 0 Å². The molecular formula is C25H32BrN5O2. The molecule has 0 radical (unpaired) electrons. The highest BCUT2D eigenvalue weighted by Gasteiger charge is 2.35. The van der Waals surface area contributed by atoms with Crippen LogP contribution < -0.4 is 10.2 Å². The molecule has 5 rings (SSSR count). The molecular weight excluding hydrogens is 482 g/mol. The van der Waals surface area contributed by atoms with Crippen LogP contribution in [-0.4, -0.2) is 65.2 Å². The second-order valence-corrected chi connectivity index (χ2v) is 10.6. The van der Waals surface area contributed by atoms with Crippen LogP contribution in [0.2, 0.25) is 0 Å². The van der Waals surface area contributed by atoms with Gasteiger partial charge in [-0.1, -0.05) is 35.0 Å². The minimum absolute atomic E-state index is 0.179. The molecule has 3 aliphatic rings. The number of nitrogens with one attached hydrogen (secondary N) is 1. The lowest BCUT2D eigenvalue weighted by Gasteiger charge is -2.38. The Labute approximate surface area is 203 Å². The van der Waals surface area contributed by atoms with Crippen LogP contribution in [-0.2, 0) is 4.79 Å². The number of amides is 1. The van der Waals surface area contributed by atoms with Crippen LogP contribution >= 0.6 is 15.9 Å². The van der Waals surface area contributed by atoms with Gasteiger partial charge in [-0.15, -0.1) is 0 Å². The highest BCUT2D eigenvalue weighted by atomic mass is 79.9. The highest BCUT2D eigenvalue weighted by molar-refractivity contribution is 9.10. The van der Waals surface area contributed by atoms with E-state index in [2.05, 4.69) is 55.2 Å². The van der Waals surface area contributed by atoms with Crippen LogP contribution in [0.4, 0.5) is 5.82 Å². The number of nitrogens with zero attached hydrogens (tertiary/aromatic N) is 4. The summed E-state index contributed by atoms with van der Waals surface area (Å²) in [7, 11) is 0. The Balaban J connectivity index is 1.27. The van der Waals surface area contributed by atoms with Gasteiger partial charge in [-0.25, -0.2) is 9.97 Å². The van der Waals surface area contributed by atoms with Gasteiger partial charge in [-0.2, -0.15) is 0 Å². The van der Waals surface area contributed by atoms with Crippen molar-refractivity contribution in [2.45, 2.75) is 44.1 Å². The van der Waals surface area contributed by atoms with Gasteiger partial charge in [0.05, 0.1) is 17.7 Å². The molecule has 2 aliphatic carbocycles. The van der Waals surface area contributed by atoms with Crippen LogP contribution in [0.5, 0.6) is 0 Å². The molecule has 0 unspecified atom stereocenters. The number of anilines is 1. The Kier molecular flexibility index (Phi) is 6.67. The number of aromatic nitrogens is 2. The number of aliphatic hydroxyl groups is 1. The molecule has 0 bridgehead atoms. The van der Waals surface area contributed by atoms with E-state index >= 15 is 0 Å². The molecule has 3 atom stereocenters. The molecule has 7 nitrogen and oxygen atoms in total. The molecule has 1 aromatic carbocycles. The molecule has 0 spiro atoms. The molecule has 8 heteroatoms. The average molecular weight is 514 g/mol. The lowest BCUT2D eigenvalue weighted by molar-refractivity contribution is -0.133. The number of fused-ring (bicyclic) bond motifs is 1. The van der Waals surface area contributed by atoms with E-state index in [1.807, 2.05) is 17.0 Å². The topological polar surface area (TPSA) is 81.6 Å². The van der Waals surface area contributed by atoms with Crippen molar-refractivity contribution in [3.8, 4) is 0 Å². The number of rotatable bonds is 7. The molecule has 1 aliphatic heterocycles. The fraction of sp³-hybridized carbons (Fsp3) is 0.560. The maximum Gasteiger partial charge on any atom is 0.231 e. The van der Waals surface area contributed by atoms with Crippen molar-refractivity contribution < 1.29 is 9.90 Å². The Morgan fingerprint density at radius 2 is 1.91 bits per heavy atom. The third-order valence-electron chi connectivity index (χ3n) is 7.22. The van der Waals surface area contributed by atoms with Crippen molar-refractivity contribution in [2.75, 3.05) is 44.2 Å². The third-order valence-corrected chi connectivity index (χ3v) is 7.75. The first kappa shape index (κ1) is 22.7. The predicted octanol–water partition coefficient (Wildman–Crippen LogP) is 3.21. The van der Waals surface area contributed by atoms with Gasteiger partial charge in [-0.05, 0) is 55.3 Å². The summed E-state index contributed by atoms with van der Waals surface area (Å²) in [5.41, 5.74) is 2.90. The first-order valence-electron chi connectivity index (χ1n) is 12.0. The molecule has 2 heterocycles. The molecule has 33 heavy (non-hydrogen) atoms. The van der Waals surface area contributed by atoms with Crippen molar-refractivity contribution in [3.63, 3.8) is 0 Å². The predicted molar refractivity (Wildman–Crippen MR) is 131 cm³/mol. The summed E-state index contributed by atoms with van der Waals surface area (Å²) in [5, 5.41) is 13.9. The summed E-state index contributed by atoms with van der Waals surface area (Å²) in [4.78, 5) is 26.8. The number of carbonyl (C=O) groups excluding carboxylic acids is 1.